The second-order valence-electron chi connectivity index (χ2n) is 9.34. The number of hydrogen-bond donors (Lipinski definition) is 2. The van der Waals surface area contributed by atoms with E-state index in [2.05, 4.69) is 57.5 Å². The van der Waals surface area contributed by atoms with E-state index in [0.717, 1.165) is 33.1 Å². The van der Waals surface area contributed by atoms with Crippen LogP contribution in [0, 0.1) is 6.92 Å². The van der Waals surface area contributed by atoms with Gasteiger partial charge in [0.1, 0.15) is 4.88 Å². The topological polar surface area (TPSA) is 97.6 Å². The van der Waals surface area contributed by atoms with E-state index in [-0.39, 0.29) is 17.4 Å². The molecule has 4 aromatic rings. The van der Waals surface area contributed by atoms with Crippen LogP contribution in [0.2, 0.25) is 0 Å². The van der Waals surface area contributed by atoms with Gasteiger partial charge < -0.3 is 10.6 Å². The summed E-state index contributed by atoms with van der Waals surface area (Å²) >= 11 is 1.44. The van der Waals surface area contributed by atoms with Gasteiger partial charge in [0.05, 0.1) is 34.8 Å². The molecule has 1 atom stereocenters. The number of aryl methyl sites for hydroxylation is 2. The Morgan fingerprint density at radius 3 is 2.59 bits per heavy atom. The van der Waals surface area contributed by atoms with Gasteiger partial charge in [-0.2, -0.15) is 5.10 Å². The largest absolute Gasteiger partial charge is 0.345 e. The lowest BCUT2D eigenvalue weighted by molar-refractivity contribution is 0.0943. The molecule has 2 N–H and O–H groups in total. The van der Waals surface area contributed by atoms with Crippen LogP contribution in [0.4, 0.5) is 11.6 Å². The Kier molecular flexibility index (Phi) is 6.47. The third-order valence-electron chi connectivity index (χ3n) is 5.37. The highest BCUT2D eigenvalue weighted by Gasteiger charge is 2.21. The van der Waals surface area contributed by atoms with E-state index in [1.807, 2.05) is 45.3 Å². The van der Waals surface area contributed by atoms with Gasteiger partial charge in [-0.3, -0.25) is 9.48 Å². The monoisotopic (exact) mass is 475 g/mol. The van der Waals surface area contributed by atoms with E-state index in [4.69, 9.17) is 0 Å². The SMILES string of the molecule is Cc1cc(-c2ccnc(Nc3cnn(C)c3)n2)ccc1C(C)NC(=O)c1cnc(C(C)(C)C)s1. The van der Waals surface area contributed by atoms with Crippen molar-refractivity contribution in [1.82, 2.24) is 30.0 Å². The molecule has 1 amide bonds. The smallest absolute Gasteiger partial charge is 0.263 e. The molecule has 0 aliphatic rings. The van der Waals surface area contributed by atoms with Gasteiger partial charge in [0.25, 0.3) is 5.91 Å². The Morgan fingerprint density at radius 1 is 1.15 bits per heavy atom. The van der Waals surface area contributed by atoms with Crippen molar-refractivity contribution < 1.29 is 4.79 Å². The van der Waals surface area contributed by atoms with Crippen LogP contribution in [-0.4, -0.2) is 30.6 Å². The molecule has 0 aliphatic carbocycles. The molecular weight excluding hydrogens is 446 g/mol. The zero-order valence-corrected chi connectivity index (χ0v) is 21.1. The van der Waals surface area contributed by atoms with Gasteiger partial charge in [-0.15, -0.1) is 11.3 Å². The quantitative estimate of drug-likeness (QED) is 0.399. The van der Waals surface area contributed by atoms with Crippen LogP contribution >= 0.6 is 11.3 Å². The van der Waals surface area contributed by atoms with E-state index in [9.17, 15) is 4.79 Å². The molecule has 9 heteroatoms. The van der Waals surface area contributed by atoms with Crippen LogP contribution in [0.5, 0.6) is 0 Å². The summed E-state index contributed by atoms with van der Waals surface area (Å²) in [6.45, 7) is 10.3. The molecule has 0 saturated heterocycles. The number of aromatic nitrogens is 5. The number of thiazole rings is 1. The number of carbonyl (C=O) groups excluding carboxylic acids is 1. The van der Waals surface area contributed by atoms with Crippen molar-refractivity contribution in [2.45, 2.75) is 46.1 Å². The summed E-state index contributed by atoms with van der Waals surface area (Å²) in [5.74, 6) is 0.401. The molecule has 176 valence electrons. The first-order valence-corrected chi connectivity index (χ1v) is 11.9. The molecule has 3 aromatic heterocycles. The number of anilines is 2. The fourth-order valence-electron chi connectivity index (χ4n) is 3.59. The average molecular weight is 476 g/mol. The minimum atomic E-state index is -0.144. The fourth-order valence-corrected chi connectivity index (χ4v) is 4.46. The normalized spacial score (nSPS) is 12.4. The number of nitrogens with zero attached hydrogens (tertiary/aromatic N) is 5. The number of benzene rings is 1. The summed E-state index contributed by atoms with van der Waals surface area (Å²) in [6, 6.07) is 7.88. The van der Waals surface area contributed by atoms with Gasteiger partial charge in [-0.25, -0.2) is 15.0 Å². The van der Waals surface area contributed by atoms with Gasteiger partial charge in [0.2, 0.25) is 5.95 Å². The maximum absolute atomic E-state index is 12.8. The first kappa shape index (κ1) is 23.6. The Labute approximate surface area is 203 Å². The van der Waals surface area contributed by atoms with Crippen LogP contribution in [0.15, 0.2) is 49.1 Å². The van der Waals surface area contributed by atoms with Crippen molar-refractivity contribution >= 4 is 28.9 Å². The third-order valence-corrected chi connectivity index (χ3v) is 6.79. The molecule has 0 radical (unpaired) electrons. The average Bonchev–Trinajstić information content (AvgIpc) is 3.43. The second kappa shape index (κ2) is 9.34. The van der Waals surface area contributed by atoms with Crippen LogP contribution in [0.25, 0.3) is 11.3 Å². The minimum Gasteiger partial charge on any atom is -0.345 e. The molecule has 0 spiro atoms. The number of amides is 1. The minimum absolute atomic E-state index is 0.0738. The molecule has 34 heavy (non-hydrogen) atoms. The van der Waals surface area contributed by atoms with Crippen molar-refractivity contribution in [3.8, 4) is 11.3 Å². The lowest BCUT2D eigenvalue weighted by Crippen LogP contribution is -2.26. The lowest BCUT2D eigenvalue weighted by atomic mass is 9.98. The molecule has 0 saturated carbocycles. The summed E-state index contributed by atoms with van der Waals surface area (Å²) in [4.78, 5) is 26.8. The third kappa shape index (κ3) is 5.31. The summed E-state index contributed by atoms with van der Waals surface area (Å²) in [5.41, 5.74) is 4.67. The summed E-state index contributed by atoms with van der Waals surface area (Å²) in [6.07, 6.45) is 6.98. The van der Waals surface area contributed by atoms with Crippen LogP contribution in [-0.2, 0) is 12.5 Å². The molecule has 0 fully saturated rings. The summed E-state index contributed by atoms with van der Waals surface area (Å²) < 4.78 is 1.71. The predicted molar refractivity (Wildman–Crippen MR) is 135 cm³/mol. The second-order valence-corrected chi connectivity index (χ2v) is 10.4. The van der Waals surface area contributed by atoms with Gasteiger partial charge in [0, 0.05) is 30.4 Å². The molecule has 1 aromatic carbocycles. The first-order chi connectivity index (χ1) is 16.1. The number of nitrogens with one attached hydrogen (secondary N) is 2. The zero-order valence-electron chi connectivity index (χ0n) is 20.2. The van der Waals surface area contributed by atoms with Crippen LogP contribution in [0.1, 0.15) is 59.5 Å². The maximum atomic E-state index is 12.8. The predicted octanol–water partition coefficient (Wildman–Crippen LogP) is 5.17. The van der Waals surface area contributed by atoms with E-state index < -0.39 is 0 Å². The summed E-state index contributed by atoms with van der Waals surface area (Å²) in [5, 5.41) is 11.4. The van der Waals surface area contributed by atoms with Crippen LogP contribution < -0.4 is 10.6 Å². The van der Waals surface area contributed by atoms with Crippen molar-refractivity contribution in [3.63, 3.8) is 0 Å². The molecule has 3 heterocycles. The van der Waals surface area contributed by atoms with Crippen molar-refractivity contribution in [2.24, 2.45) is 7.05 Å². The lowest BCUT2D eigenvalue weighted by Gasteiger charge is -2.17. The van der Waals surface area contributed by atoms with Crippen molar-refractivity contribution in [2.75, 3.05) is 5.32 Å². The zero-order chi connectivity index (χ0) is 24.5. The highest BCUT2D eigenvalue weighted by Crippen LogP contribution is 2.28. The molecule has 1 unspecified atom stereocenters. The molecule has 0 bridgehead atoms. The Balaban J connectivity index is 1.48. The van der Waals surface area contributed by atoms with Crippen molar-refractivity contribution in [1.29, 1.82) is 0 Å². The Morgan fingerprint density at radius 2 is 1.94 bits per heavy atom. The molecule has 8 nitrogen and oxygen atoms in total. The van der Waals surface area contributed by atoms with Gasteiger partial charge in [-0.1, -0.05) is 32.9 Å². The van der Waals surface area contributed by atoms with E-state index in [0.29, 0.717) is 10.8 Å². The molecular formula is C25H29N7OS. The standard InChI is InChI=1S/C25H29N7OS/c1-15-11-17(20-9-10-26-24(31-20)30-18-12-28-32(6)14-18)7-8-19(15)16(2)29-22(33)21-13-27-23(34-21)25(3,4)5/h7-14,16H,1-6H3,(H,29,33)(H,26,30,31). The Hall–Kier alpha value is -3.59. The number of carbonyl (C=O) groups is 1. The fraction of sp³-hybridized carbons (Fsp3) is 0.320. The molecule has 4 rings (SSSR count). The highest BCUT2D eigenvalue weighted by atomic mass is 32.1. The van der Waals surface area contributed by atoms with Gasteiger partial charge >= 0.3 is 0 Å². The van der Waals surface area contributed by atoms with E-state index >= 15 is 0 Å². The van der Waals surface area contributed by atoms with Gasteiger partial charge in [-0.05, 0) is 37.1 Å². The van der Waals surface area contributed by atoms with E-state index in [1.165, 1.54) is 11.3 Å². The van der Waals surface area contributed by atoms with Crippen LogP contribution in [0.3, 0.4) is 0 Å². The molecule has 0 aliphatic heterocycles. The van der Waals surface area contributed by atoms with Crippen molar-refractivity contribution in [3.05, 3.63) is 70.1 Å². The first-order valence-electron chi connectivity index (χ1n) is 11.1. The maximum Gasteiger partial charge on any atom is 0.263 e. The summed E-state index contributed by atoms with van der Waals surface area (Å²) in [7, 11) is 1.86. The number of rotatable bonds is 6. The van der Waals surface area contributed by atoms with Gasteiger partial charge in [0.15, 0.2) is 0 Å². The Bertz CT molecular complexity index is 1320. The number of hydrogen-bond acceptors (Lipinski definition) is 7. The highest BCUT2D eigenvalue weighted by molar-refractivity contribution is 7.13. The van der Waals surface area contributed by atoms with E-state index in [1.54, 1.807) is 23.3 Å².